The van der Waals surface area contributed by atoms with Crippen molar-refractivity contribution in [2.24, 2.45) is 0 Å². The molecular weight excluding hydrogens is 328 g/mol. The highest BCUT2D eigenvalue weighted by atomic mass is 19.2. The summed E-state index contributed by atoms with van der Waals surface area (Å²) >= 11 is 0. The summed E-state index contributed by atoms with van der Waals surface area (Å²) in [6.45, 7) is 1.40. The third-order valence-electron chi connectivity index (χ3n) is 4.07. The fourth-order valence-corrected chi connectivity index (χ4v) is 2.74. The minimum absolute atomic E-state index is 0.122. The molecule has 1 aromatic heterocycles. The molecule has 0 spiro atoms. The molecular formula is C18H17F2N3O2. The minimum Gasteiger partial charge on any atom is -0.339 e. The summed E-state index contributed by atoms with van der Waals surface area (Å²) in [4.78, 5) is 30.4. The maximum absolute atomic E-state index is 13.2. The largest absolute Gasteiger partial charge is 0.339 e. The van der Waals surface area contributed by atoms with E-state index in [4.69, 9.17) is 0 Å². The molecule has 1 aliphatic heterocycles. The number of anilines is 1. The Balaban J connectivity index is 1.74. The van der Waals surface area contributed by atoms with Crippen molar-refractivity contribution in [3.63, 3.8) is 0 Å². The highest BCUT2D eigenvalue weighted by molar-refractivity contribution is 6.05. The van der Waals surface area contributed by atoms with E-state index in [-0.39, 0.29) is 17.2 Å². The molecule has 130 valence electrons. The number of piperidine rings is 1. The van der Waals surface area contributed by atoms with E-state index in [1.165, 1.54) is 24.5 Å². The number of hydrogen-bond donors (Lipinski definition) is 1. The first kappa shape index (κ1) is 17.0. The third kappa shape index (κ3) is 3.99. The summed E-state index contributed by atoms with van der Waals surface area (Å²) < 4.78 is 26.2. The smallest absolute Gasteiger partial charge is 0.257 e. The zero-order valence-electron chi connectivity index (χ0n) is 13.5. The number of amides is 2. The molecule has 1 aliphatic rings. The summed E-state index contributed by atoms with van der Waals surface area (Å²) in [5.41, 5.74) is 0.629. The fourth-order valence-electron chi connectivity index (χ4n) is 2.74. The Morgan fingerprint density at radius 1 is 0.960 bits per heavy atom. The van der Waals surface area contributed by atoms with Gasteiger partial charge in [-0.15, -0.1) is 0 Å². The fraction of sp³-hybridized carbons (Fsp3) is 0.278. The zero-order valence-corrected chi connectivity index (χ0v) is 13.5. The van der Waals surface area contributed by atoms with E-state index in [2.05, 4.69) is 10.3 Å². The van der Waals surface area contributed by atoms with Crippen LogP contribution in [0.15, 0.2) is 36.7 Å². The summed E-state index contributed by atoms with van der Waals surface area (Å²) in [5.74, 6) is -2.75. The van der Waals surface area contributed by atoms with E-state index in [1.807, 2.05) is 0 Å². The third-order valence-corrected chi connectivity index (χ3v) is 4.07. The van der Waals surface area contributed by atoms with E-state index < -0.39 is 17.5 Å². The van der Waals surface area contributed by atoms with Crippen molar-refractivity contribution in [2.45, 2.75) is 19.3 Å². The molecule has 2 amide bonds. The number of rotatable bonds is 3. The van der Waals surface area contributed by atoms with Crippen LogP contribution < -0.4 is 5.32 Å². The van der Waals surface area contributed by atoms with Crippen molar-refractivity contribution >= 4 is 17.5 Å². The molecule has 7 heteroatoms. The number of benzene rings is 1. The molecule has 0 radical (unpaired) electrons. The molecule has 0 saturated carbocycles. The zero-order chi connectivity index (χ0) is 17.8. The second-order valence-corrected chi connectivity index (χ2v) is 5.90. The average molecular weight is 345 g/mol. The van der Waals surface area contributed by atoms with E-state index in [0.717, 1.165) is 31.4 Å². The summed E-state index contributed by atoms with van der Waals surface area (Å²) in [5, 5.41) is 2.46. The standard InChI is InChI=1S/C18H17F2N3O2/c19-15-5-4-14(9-16(15)20)22-17(24)12-8-13(11-21-10-12)18(25)23-6-2-1-3-7-23/h4-5,8-11H,1-3,6-7H2,(H,22,24). The topological polar surface area (TPSA) is 62.3 Å². The summed E-state index contributed by atoms with van der Waals surface area (Å²) in [6, 6.07) is 4.54. The van der Waals surface area contributed by atoms with Crippen LogP contribution in [0.5, 0.6) is 0 Å². The molecule has 3 rings (SSSR count). The molecule has 1 N–H and O–H groups in total. The van der Waals surface area contributed by atoms with E-state index in [9.17, 15) is 18.4 Å². The lowest BCUT2D eigenvalue weighted by Gasteiger charge is -2.26. The average Bonchev–Trinajstić information content (AvgIpc) is 2.65. The number of carbonyl (C=O) groups excluding carboxylic acids is 2. The predicted molar refractivity (Wildman–Crippen MR) is 88.3 cm³/mol. The number of likely N-dealkylation sites (tertiary alicyclic amines) is 1. The maximum Gasteiger partial charge on any atom is 0.257 e. The van der Waals surface area contributed by atoms with Gasteiger partial charge < -0.3 is 10.2 Å². The minimum atomic E-state index is -1.05. The number of aromatic nitrogens is 1. The number of nitrogens with zero attached hydrogens (tertiary/aromatic N) is 2. The molecule has 0 aliphatic carbocycles. The molecule has 0 bridgehead atoms. The monoisotopic (exact) mass is 345 g/mol. The Morgan fingerprint density at radius 3 is 2.40 bits per heavy atom. The van der Waals surface area contributed by atoms with Crippen LogP contribution in [-0.4, -0.2) is 34.8 Å². The van der Waals surface area contributed by atoms with Crippen LogP contribution in [0.4, 0.5) is 14.5 Å². The lowest BCUT2D eigenvalue weighted by molar-refractivity contribution is 0.0724. The van der Waals surface area contributed by atoms with Crippen molar-refractivity contribution in [3.05, 3.63) is 59.4 Å². The van der Waals surface area contributed by atoms with Crippen molar-refractivity contribution < 1.29 is 18.4 Å². The Hall–Kier alpha value is -2.83. The van der Waals surface area contributed by atoms with Gasteiger partial charge in [0.05, 0.1) is 11.1 Å². The van der Waals surface area contributed by atoms with Crippen LogP contribution in [0.3, 0.4) is 0 Å². The van der Waals surface area contributed by atoms with Crippen LogP contribution in [0, 0.1) is 11.6 Å². The molecule has 1 fully saturated rings. The predicted octanol–water partition coefficient (Wildman–Crippen LogP) is 3.24. The molecule has 2 aromatic rings. The van der Waals surface area contributed by atoms with Gasteiger partial charge in [0, 0.05) is 37.2 Å². The van der Waals surface area contributed by atoms with Gasteiger partial charge in [-0.05, 0) is 37.5 Å². The van der Waals surface area contributed by atoms with Gasteiger partial charge in [0.15, 0.2) is 11.6 Å². The number of nitrogens with one attached hydrogen (secondary N) is 1. The first-order chi connectivity index (χ1) is 12.0. The Labute approximate surface area is 143 Å². The highest BCUT2D eigenvalue weighted by Crippen LogP contribution is 2.16. The van der Waals surface area contributed by atoms with Gasteiger partial charge >= 0.3 is 0 Å². The SMILES string of the molecule is O=C(Nc1ccc(F)c(F)c1)c1cncc(C(=O)N2CCCCC2)c1. The lowest BCUT2D eigenvalue weighted by atomic mass is 10.1. The molecule has 1 aromatic carbocycles. The number of carbonyl (C=O) groups is 2. The van der Waals surface area contributed by atoms with Crippen LogP contribution in [0.2, 0.25) is 0 Å². The van der Waals surface area contributed by atoms with E-state index in [1.54, 1.807) is 4.90 Å². The van der Waals surface area contributed by atoms with Gasteiger partial charge in [-0.1, -0.05) is 0 Å². The Morgan fingerprint density at radius 2 is 1.68 bits per heavy atom. The molecule has 0 unspecified atom stereocenters. The van der Waals surface area contributed by atoms with Crippen molar-refractivity contribution in [1.82, 2.24) is 9.88 Å². The maximum atomic E-state index is 13.2. The number of pyridine rings is 1. The van der Waals surface area contributed by atoms with Gasteiger partial charge in [0.2, 0.25) is 0 Å². The van der Waals surface area contributed by atoms with Gasteiger partial charge in [0.1, 0.15) is 0 Å². The van der Waals surface area contributed by atoms with E-state index in [0.29, 0.717) is 18.7 Å². The van der Waals surface area contributed by atoms with Crippen LogP contribution in [0.25, 0.3) is 0 Å². The van der Waals surface area contributed by atoms with Crippen molar-refractivity contribution in [1.29, 1.82) is 0 Å². The summed E-state index contributed by atoms with van der Waals surface area (Å²) in [6.07, 6.45) is 5.79. The molecule has 0 atom stereocenters. The number of halogens is 2. The molecule has 2 heterocycles. The van der Waals surface area contributed by atoms with Crippen molar-refractivity contribution in [2.75, 3.05) is 18.4 Å². The van der Waals surface area contributed by atoms with Gasteiger partial charge in [-0.3, -0.25) is 14.6 Å². The second kappa shape index (κ2) is 7.38. The van der Waals surface area contributed by atoms with Crippen molar-refractivity contribution in [3.8, 4) is 0 Å². The molecule has 25 heavy (non-hydrogen) atoms. The van der Waals surface area contributed by atoms with Gasteiger partial charge in [-0.2, -0.15) is 0 Å². The Bertz CT molecular complexity index is 805. The second-order valence-electron chi connectivity index (χ2n) is 5.90. The van der Waals surface area contributed by atoms with Gasteiger partial charge in [0.25, 0.3) is 11.8 Å². The van der Waals surface area contributed by atoms with Crippen LogP contribution in [-0.2, 0) is 0 Å². The first-order valence-electron chi connectivity index (χ1n) is 8.05. The quantitative estimate of drug-likeness (QED) is 0.929. The molecule has 1 saturated heterocycles. The lowest BCUT2D eigenvalue weighted by Crippen LogP contribution is -2.35. The van der Waals surface area contributed by atoms with Crippen LogP contribution in [0.1, 0.15) is 40.0 Å². The first-order valence-corrected chi connectivity index (χ1v) is 8.05. The normalized spacial score (nSPS) is 14.2. The van der Waals surface area contributed by atoms with E-state index >= 15 is 0 Å². The highest BCUT2D eigenvalue weighted by Gasteiger charge is 2.19. The number of hydrogen-bond acceptors (Lipinski definition) is 3. The molecule has 5 nitrogen and oxygen atoms in total. The summed E-state index contributed by atoms with van der Waals surface area (Å²) in [7, 11) is 0. The Kier molecular flexibility index (Phi) is 5.02. The van der Waals surface area contributed by atoms with Gasteiger partial charge in [-0.25, -0.2) is 8.78 Å². The van der Waals surface area contributed by atoms with Crippen LogP contribution >= 0.6 is 0 Å².